The van der Waals surface area contributed by atoms with Gasteiger partial charge < -0.3 is 5.32 Å². The molecular formula is C9H6N2OS2. The molecule has 0 spiro atoms. The predicted molar refractivity (Wildman–Crippen MR) is 60.9 cm³/mol. The quantitative estimate of drug-likeness (QED) is 0.584. The topological polar surface area (TPSA) is 42.0 Å². The van der Waals surface area contributed by atoms with Crippen molar-refractivity contribution < 1.29 is 4.79 Å². The molecule has 1 amide bonds. The largest absolute Gasteiger partial charge is 0.307 e. The van der Waals surface area contributed by atoms with Gasteiger partial charge in [0.15, 0.2) is 0 Å². The van der Waals surface area contributed by atoms with E-state index in [-0.39, 0.29) is 5.24 Å². The summed E-state index contributed by atoms with van der Waals surface area (Å²) in [6.07, 6.45) is 5.27. The standard InChI is InChI=1S/C9H6N2OS2/c12-9-11-8(13)7(14-9)4-6-2-1-3-10-5-6/h1-5H,(H,11,12,13)/b7-4-. The zero-order valence-electron chi connectivity index (χ0n) is 7.06. The van der Waals surface area contributed by atoms with Gasteiger partial charge in [0.2, 0.25) is 0 Å². The van der Waals surface area contributed by atoms with Crippen molar-refractivity contribution in [3.05, 3.63) is 35.0 Å². The van der Waals surface area contributed by atoms with E-state index in [4.69, 9.17) is 12.2 Å². The lowest BCUT2D eigenvalue weighted by molar-refractivity contribution is 0.265. The molecule has 2 heterocycles. The van der Waals surface area contributed by atoms with E-state index in [2.05, 4.69) is 10.3 Å². The van der Waals surface area contributed by atoms with Crippen molar-refractivity contribution in [2.75, 3.05) is 0 Å². The molecule has 0 bridgehead atoms. The molecule has 5 heteroatoms. The molecule has 0 atom stereocenters. The Bertz CT molecular complexity index is 414. The summed E-state index contributed by atoms with van der Waals surface area (Å²) in [5.74, 6) is 0. The third-order valence-corrected chi connectivity index (χ3v) is 2.90. The fourth-order valence-electron chi connectivity index (χ4n) is 1.03. The second-order valence-electron chi connectivity index (χ2n) is 2.64. The SMILES string of the molecule is O=C1NC(=S)/C(=C/c2cccnc2)S1. The van der Waals surface area contributed by atoms with Crippen LogP contribution in [-0.2, 0) is 0 Å². The third kappa shape index (κ3) is 2.00. The Morgan fingerprint density at radius 2 is 2.43 bits per heavy atom. The van der Waals surface area contributed by atoms with Crippen LogP contribution in [0.25, 0.3) is 6.08 Å². The number of carbonyl (C=O) groups excluding carboxylic acids is 1. The summed E-state index contributed by atoms with van der Waals surface area (Å²) in [5.41, 5.74) is 0.939. The first kappa shape index (κ1) is 9.36. The molecule has 3 nitrogen and oxygen atoms in total. The van der Waals surface area contributed by atoms with Crippen LogP contribution in [0.4, 0.5) is 4.79 Å². The van der Waals surface area contributed by atoms with Crippen LogP contribution in [0, 0.1) is 0 Å². The minimum absolute atomic E-state index is 0.120. The molecule has 1 aromatic rings. The fraction of sp³-hybridized carbons (Fsp3) is 0. The molecule has 14 heavy (non-hydrogen) atoms. The van der Waals surface area contributed by atoms with Crippen LogP contribution in [0.3, 0.4) is 0 Å². The molecule has 1 fully saturated rings. The molecule has 0 aliphatic carbocycles. The lowest BCUT2D eigenvalue weighted by Gasteiger charge is -1.94. The highest BCUT2D eigenvalue weighted by molar-refractivity contribution is 8.19. The highest BCUT2D eigenvalue weighted by Crippen LogP contribution is 2.26. The molecule has 0 radical (unpaired) electrons. The van der Waals surface area contributed by atoms with Gasteiger partial charge in [0.25, 0.3) is 5.24 Å². The van der Waals surface area contributed by atoms with Crippen LogP contribution < -0.4 is 5.32 Å². The number of thiocarbonyl (C=S) groups is 1. The minimum atomic E-state index is -0.120. The van der Waals surface area contributed by atoms with Crippen molar-refractivity contribution in [2.24, 2.45) is 0 Å². The van der Waals surface area contributed by atoms with E-state index in [9.17, 15) is 4.79 Å². The van der Waals surface area contributed by atoms with Crippen molar-refractivity contribution in [3.63, 3.8) is 0 Å². The summed E-state index contributed by atoms with van der Waals surface area (Å²) in [6, 6.07) is 3.75. The van der Waals surface area contributed by atoms with Crippen LogP contribution in [0.15, 0.2) is 29.4 Å². The molecule has 2 rings (SSSR count). The van der Waals surface area contributed by atoms with Gasteiger partial charge in [0.05, 0.1) is 4.91 Å². The number of hydrogen-bond donors (Lipinski definition) is 1. The maximum absolute atomic E-state index is 11.0. The van der Waals surface area contributed by atoms with Gasteiger partial charge in [0, 0.05) is 12.4 Å². The van der Waals surface area contributed by atoms with E-state index in [1.165, 1.54) is 0 Å². The highest BCUT2D eigenvalue weighted by atomic mass is 32.2. The Hall–Kier alpha value is -1.20. The normalized spacial score (nSPS) is 18.7. The molecule has 0 aromatic carbocycles. The average molecular weight is 222 g/mol. The van der Waals surface area contributed by atoms with Crippen molar-refractivity contribution in [3.8, 4) is 0 Å². The second kappa shape index (κ2) is 3.89. The van der Waals surface area contributed by atoms with Crippen LogP contribution in [0.5, 0.6) is 0 Å². The summed E-state index contributed by atoms with van der Waals surface area (Å²) in [5, 5.41) is 2.43. The summed E-state index contributed by atoms with van der Waals surface area (Å²) in [6.45, 7) is 0. The van der Waals surface area contributed by atoms with Crippen molar-refractivity contribution in [1.82, 2.24) is 10.3 Å². The number of pyridine rings is 1. The third-order valence-electron chi connectivity index (χ3n) is 1.62. The Morgan fingerprint density at radius 3 is 3.00 bits per heavy atom. The van der Waals surface area contributed by atoms with Gasteiger partial charge in [0.1, 0.15) is 4.99 Å². The molecule has 0 saturated carbocycles. The number of hydrogen-bond acceptors (Lipinski definition) is 4. The average Bonchev–Trinajstić information content (AvgIpc) is 2.47. The molecule has 1 aliphatic rings. The zero-order valence-corrected chi connectivity index (χ0v) is 8.69. The lowest BCUT2D eigenvalue weighted by atomic mass is 10.2. The first-order chi connectivity index (χ1) is 6.75. The molecule has 70 valence electrons. The smallest absolute Gasteiger partial charge is 0.289 e. The first-order valence-electron chi connectivity index (χ1n) is 3.90. The molecule has 1 aliphatic heterocycles. The van der Waals surface area contributed by atoms with Gasteiger partial charge in [-0.05, 0) is 29.5 Å². The maximum atomic E-state index is 11.0. The second-order valence-corrected chi connectivity index (χ2v) is 4.06. The van der Waals surface area contributed by atoms with E-state index in [1.807, 2.05) is 18.2 Å². The highest BCUT2D eigenvalue weighted by Gasteiger charge is 2.21. The van der Waals surface area contributed by atoms with Gasteiger partial charge >= 0.3 is 0 Å². The Morgan fingerprint density at radius 1 is 1.57 bits per heavy atom. The van der Waals surface area contributed by atoms with Crippen LogP contribution in [-0.4, -0.2) is 15.2 Å². The van der Waals surface area contributed by atoms with Gasteiger partial charge in [-0.1, -0.05) is 18.3 Å². The predicted octanol–water partition coefficient (Wildman–Crippen LogP) is 2.21. The molecule has 1 aromatic heterocycles. The summed E-state index contributed by atoms with van der Waals surface area (Å²) in [4.78, 5) is 16.2. The van der Waals surface area contributed by atoms with Crippen LogP contribution >= 0.6 is 24.0 Å². The van der Waals surface area contributed by atoms with E-state index in [1.54, 1.807) is 12.4 Å². The first-order valence-corrected chi connectivity index (χ1v) is 5.13. The Labute approximate surface area is 90.6 Å². The summed E-state index contributed by atoms with van der Waals surface area (Å²) < 4.78 is 0. The van der Waals surface area contributed by atoms with Gasteiger partial charge in [-0.25, -0.2) is 0 Å². The zero-order chi connectivity index (χ0) is 9.97. The number of nitrogens with zero attached hydrogens (tertiary/aromatic N) is 1. The van der Waals surface area contributed by atoms with Crippen molar-refractivity contribution in [1.29, 1.82) is 0 Å². The number of amides is 1. The number of carbonyl (C=O) groups is 1. The number of nitrogens with one attached hydrogen (secondary N) is 1. The number of thioether (sulfide) groups is 1. The summed E-state index contributed by atoms with van der Waals surface area (Å²) in [7, 11) is 0. The Kier molecular flexibility index (Phi) is 2.60. The minimum Gasteiger partial charge on any atom is -0.307 e. The van der Waals surface area contributed by atoms with Crippen LogP contribution in [0.1, 0.15) is 5.56 Å². The van der Waals surface area contributed by atoms with E-state index in [0.29, 0.717) is 4.99 Å². The van der Waals surface area contributed by atoms with E-state index < -0.39 is 0 Å². The van der Waals surface area contributed by atoms with E-state index >= 15 is 0 Å². The van der Waals surface area contributed by atoms with Gasteiger partial charge in [-0.3, -0.25) is 9.78 Å². The monoisotopic (exact) mass is 222 g/mol. The van der Waals surface area contributed by atoms with E-state index in [0.717, 1.165) is 22.2 Å². The maximum Gasteiger partial charge on any atom is 0.289 e. The molecule has 1 N–H and O–H groups in total. The fourth-order valence-corrected chi connectivity index (χ4v) is 2.07. The molecular weight excluding hydrogens is 216 g/mol. The number of aromatic nitrogens is 1. The Balaban J connectivity index is 2.28. The van der Waals surface area contributed by atoms with Gasteiger partial charge in [-0.2, -0.15) is 0 Å². The van der Waals surface area contributed by atoms with Crippen LogP contribution in [0.2, 0.25) is 0 Å². The van der Waals surface area contributed by atoms with Crippen molar-refractivity contribution >= 4 is 40.3 Å². The van der Waals surface area contributed by atoms with Gasteiger partial charge in [-0.15, -0.1) is 0 Å². The van der Waals surface area contributed by atoms with Crippen molar-refractivity contribution in [2.45, 2.75) is 0 Å². The molecule has 0 unspecified atom stereocenters. The number of rotatable bonds is 1. The summed E-state index contributed by atoms with van der Waals surface area (Å²) >= 11 is 6.09. The lowest BCUT2D eigenvalue weighted by Crippen LogP contribution is -2.15. The molecule has 1 saturated heterocycles.